The summed E-state index contributed by atoms with van der Waals surface area (Å²) in [5.74, 6) is 0. The molecule has 0 amide bonds. The van der Waals surface area contributed by atoms with Crippen LogP contribution in [0.3, 0.4) is 0 Å². The van der Waals surface area contributed by atoms with Crippen LogP contribution in [0.4, 0.5) is 0 Å². The number of aliphatic hydroxyl groups excluding tert-OH is 2. The molecule has 0 bridgehead atoms. The lowest BCUT2D eigenvalue weighted by atomic mass is 10.1. The van der Waals surface area contributed by atoms with Crippen LogP contribution in [-0.2, 0) is 4.74 Å². The molecule has 68 valence electrons. The zero-order valence-electron chi connectivity index (χ0n) is 6.79. The van der Waals surface area contributed by atoms with Gasteiger partial charge in [-0.3, -0.25) is 0 Å². The lowest BCUT2D eigenvalue weighted by Gasteiger charge is -2.21. The van der Waals surface area contributed by atoms with Crippen molar-refractivity contribution in [2.24, 2.45) is 0 Å². The van der Waals surface area contributed by atoms with Crippen LogP contribution in [0.2, 0.25) is 0 Å². The van der Waals surface area contributed by atoms with E-state index in [1.165, 1.54) is 0 Å². The molecule has 1 atom stereocenters. The van der Waals surface area contributed by atoms with Crippen LogP contribution < -0.4 is 0 Å². The van der Waals surface area contributed by atoms with Gasteiger partial charge in [-0.05, 0) is 6.92 Å². The molecule has 0 aromatic carbocycles. The largest absolute Gasteiger partial charge is 0.396 e. The third-order valence-corrected chi connectivity index (χ3v) is 1.30. The number of ether oxygens (including phenoxy) is 1. The Morgan fingerprint density at radius 1 is 1.27 bits per heavy atom. The molecule has 0 aliphatic heterocycles. The molecule has 0 aliphatic rings. The fourth-order valence-electron chi connectivity index (χ4n) is 0.670. The van der Waals surface area contributed by atoms with Crippen molar-refractivity contribution >= 4 is 0 Å². The molecule has 1 unspecified atom stereocenters. The third kappa shape index (κ3) is 6.25. The highest BCUT2D eigenvalue weighted by molar-refractivity contribution is 4.70. The van der Waals surface area contributed by atoms with Gasteiger partial charge in [0, 0.05) is 13.0 Å². The zero-order valence-corrected chi connectivity index (χ0v) is 6.79. The van der Waals surface area contributed by atoms with E-state index in [2.05, 4.69) is 0 Å². The quantitative estimate of drug-likeness (QED) is 0.446. The maximum atomic E-state index is 9.37. The predicted molar refractivity (Wildman–Crippen MR) is 40.2 cm³/mol. The van der Waals surface area contributed by atoms with Gasteiger partial charge in [-0.25, -0.2) is 0 Å². The van der Waals surface area contributed by atoms with Crippen LogP contribution in [0, 0.1) is 0 Å². The molecule has 0 heterocycles. The highest BCUT2D eigenvalue weighted by Gasteiger charge is 2.19. The first-order chi connectivity index (χ1) is 5.12. The predicted octanol–water partition coefficient (Wildman–Crippen LogP) is -0.871. The molecule has 0 rings (SSSR count). The van der Waals surface area contributed by atoms with E-state index in [4.69, 9.17) is 14.9 Å². The standard InChI is InChI=1S/C7H16O4/c1-7(10,2-3-8)6-11-5-4-9/h8-10H,2-6H2,1H3. The first-order valence-corrected chi connectivity index (χ1v) is 3.64. The van der Waals surface area contributed by atoms with E-state index in [0.29, 0.717) is 6.42 Å². The van der Waals surface area contributed by atoms with E-state index >= 15 is 0 Å². The Morgan fingerprint density at radius 2 is 1.91 bits per heavy atom. The van der Waals surface area contributed by atoms with Crippen molar-refractivity contribution < 1.29 is 20.1 Å². The van der Waals surface area contributed by atoms with Crippen molar-refractivity contribution in [2.75, 3.05) is 26.4 Å². The molecule has 4 heteroatoms. The summed E-state index contributed by atoms with van der Waals surface area (Å²) in [4.78, 5) is 0. The number of aliphatic hydroxyl groups is 3. The average molecular weight is 164 g/mol. The van der Waals surface area contributed by atoms with Gasteiger partial charge in [0.15, 0.2) is 0 Å². The van der Waals surface area contributed by atoms with Crippen molar-refractivity contribution in [1.82, 2.24) is 0 Å². The lowest BCUT2D eigenvalue weighted by molar-refractivity contribution is -0.0523. The van der Waals surface area contributed by atoms with E-state index in [1.54, 1.807) is 6.92 Å². The first-order valence-electron chi connectivity index (χ1n) is 3.64. The Kier molecular flexibility index (Phi) is 5.41. The maximum absolute atomic E-state index is 9.37. The molecule has 0 fully saturated rings. The van der Waals surface area contributed by atoms with Gasteiger partial charge in [-0.15, -0.1) is 0 Å². The van der Waals surface area contributed by atoms with Crippen LogP contribution in [0.5, 0.6) is 0 Å². The summed E-state index contributed by atoms with van der Waals surface area (Å²) < 4.78 is 4.89. The monoisotopic (exact) mass is 164 g/mol. The highest BCUT2D eigenvalue weighted by atomic mass is 16.5. The Bertz CT molecular complexity index is 92.4. The second-order valence-corrected chi connectivity index (χ2v) is 2.75. The average Bonchev–Trinajstić information content (AvgIpc) is 1.87. The normalized spacial score (nSPS) is 16.4. The Balaban J connectivity index is 3.38. The van der Waals surface area contributed by atoms with Crippen molar-refractivity contribution in [2.45, 2.75) is 18.9 Å². The molecule has 0 saturated carbocycles. The molecular weight excluding hydrogens is 148 g/mol. The van der Waals surface area contributed by atoms with E-state index in [9.17, 15) is 5.11 Å². The molecule has 11 heavy (non-hydrogen) atoms. The Morgan fingerprint density at radius 3 is 2.36 bits per heavy atom. The molecule has 0 radical (unpaired) electrons. The van der Waals surface area contributed by atoms with Crippen molar-refractivity contribution in [1.29, 1.82) is 0 Å². The van der Waals surface area contributed by atoms with Gasteiger partial charge in [0.05, 0.1) is 25.4 Å². The maximum Gasteiger partial charge on any atom is 0.0874 e. The topological polar surface area (TPSA) is 69.9 Å². The second kappa shape index (κ2) is 5.49. The summed E-state index contributed by atoms with van der Waals surface area (Å²) in [6.07, 6.45) is 0.290. The van der Waals surface area contributed by atoms with Gasteiger partial charge < -0.3 is 20.1 Å². The van der Waals surface area contributed by atoms with Gasteiger partial charge in [0.2, 0.25) is 0 Å². The molecule has 0 aliphatic carbocycles. The summed E-state index contributed by atoms with van der Waals surface area (Å²) >= 11 is 0. The number of hydrogen-bond acceptors (Lipinski definition) is 4. The van der Waals surface area contributed by atoms with E-state index in [1.807, 2.05) is 0 Å². The van der Waals surface area contributed by atoms with Crippen LogP contribution in [0.1, 0.15) is 13.3 Å². The van der Waals surface area contributed by atoms with Gasteiger partial charge >= 0.3 is 0 Å². The van der Waals surface area contributed by atoms with Gasteiger partial charge in [-0.1, -0.05) is 0 Å². The van der Waals surface area contributed by atoms with Crippen LogP contribution in [0.15, 0.2) is 0 Å². The fraction of sp³-hybridized carbons (Fsp3) is 1.00. The molecule has 0 spiro atoms. The Labute approximate surface area is 66.4 Å². The third-order valence-electron chi connectivity index (χ3n) is 1.30. The molecule has 4 nitrogen and oxygen atoms in total. The smallest absolute Gasteiger partial charge is 0.0874 e. The Hall–Kier alpha value is -0.160. The number of rotatable bonds is 6. The summed E-state index contributed by atoms with van der Waals surface area (Å²) in [6.45, 7) is 1.85. The van der Waals surface area contributed by atoms with E-state index in [-0.39, 0.29) is 26.4 Å². The summed E-state index contributed by atoms with van der Waals surface area (Å²) in [5, 5.41) is 26.2. The fourth-order valence-corrected chi connectivity index (χ4v) is 0.670. The minimum atomic E-state index is -0.982. The van der Waals surface area contributed by atoms with Gasteiger partial charge in [0.1, 0.15) is 0 Å². The minimum Gasteiger partial charge on any atom is -0.396 e. The van der Waals surface area contributed by atoms with E-state index < -0.39 is 5.60 Å². The first kappa shape index (κ1) is 10.8. The van der Waals surface area contributed by atoms with Gasteiger partial charge in [-0.2, -0.15) is 0 Å². The van der Waals surface area contributed by atoms with Crippen molar-refractivity contribution in [3.63, 3.8) is 0 Å². The summed E-state index contributed by atoms with van der Waals surface area (Å²) in [5.41, 5.74) is -0.982. The second-order valence-electron chi connectivity index (χ2n) is 2.75. The molecule has 0 aromatic heterocycles. The minimum absolute atomic E-state index is 0.0464. The van der Waals surface area contributed by atoms with Crippen molar-refractivity contribution in [3.8, 4) is 0 Å². The van der Waals surface area contributed by atoms with E-state index in [0.717, 1.165) is 0 Å². The summed E-state index contributed by atoms with van der Waals surface area (Å²) in [7, 11) is 0. The summed E-state index contributed by atoms with van der Waals surface area (Å²) in [6, 6.07) is 0. The van der Waals surface area contributed by atoms with Crippen LogP contribution >= 0.6 is 0 Å². The molecule has 0 aromatic rings. The highest BCUT2D eigenvalue weighted by Crippen LogP contribution is 2.08. The lowest BCUT2D eigenvalue weighted by Crippen LogP contribution is -2.32. The molecule has 3 N–H and O–H groups in total. The van der Waals surface area contributed by atoms with Crippen molar-refractivity contribution in [3.05, 3.63) is 0 Å². The molecule has 0 saturated heterocycles. The van der Waals surface area contributed by atoms with Crippen LogP contribution in [0.25, 0.3) is 0 Å². The van der Waals surface area contributed by atoms with Gasteiger partial charge in [0.25, 0.3) is 0 Å². The SMILES string of the molecule is CC(O)(CCO)COCCO. The molecular formula is C7H16O4. The zero-order chi connectivity index (χ0) is 8.74. The van der Waals surface area contributed by atoms with Crippen LogP contribution in [-0.4, -0.2) is 47.3 Å². The number of hydrogen-bond donors (Lipinski definition) is 3.